The summed E-state index contributed by atoms with van der Waals surface area (Å²) >= 11 is 0. The molecule has 4 rings (SSSR count). The first-order valence-electron chi connectivity index (χ1n) is 10.5. The van der Waals surface area contributed by atoms with Crippen molar-refractivity contribution in [2.75, 3.05) is 31.8 Å². The summed E-state index contributed by atoms with van der Waals surface area (Å²) in [6.07, 6.45) is 6.24. The van der Waals surface area contributed by atoms with Crippen molar-refractivity contribution in [3.05, 3.63) is 22.6 Å². The van der Waals surface area contributed by atoms with Crippen LogP contribution in [0, 0.1) is 0 Å². The lowest BCUT2D eigenvalue weighted by atomic mass is 10.00. The Hall–Kier alpha value is -2.24. The fraction of sp³-hybridized carbons (Fsp3) is 0.650. The van der Waals surface area contributed by atoms with E-state index >= 15 is 0 Å². The number of piperidine rings is 1. The van der Waals surface area contributed by atoms with E-state index in [1.54, 1.807) is 23.8 Å². The second-order valence-electron chi connectivity index (χ2n) is 8.71. The van der Waals surface area contributed by atoms with Crippen LogP contribution in [0.2, 0.25) is 0 Å². The van der Waals surface area contributed by atoms with E-state index < -0.39 is 21.7 Å². The van der Waals surface area contributed by atoms with Crippen LogP contribution in [0.15, 0.2) is 17.1 Å². The third-order valence-electron chi connectivity index (χ3n) is 6.41. The van der Waals surface area contributed by atoms with Gasteiger partial charge in [0.2, 0.25) is 16.0 Å². The number of rotatable bonds is 5. The van der Waals surface area contributed by atoms with Crippen LogP contribution in [0.5, 0.6) is 5.75 Å². The molecule has 2 aliphatic rings. The zero-order chi connectivity index (χ0) is 22.4. The van der Waals surface area contributed by atoms with Crippen molar-refractivity contribution >= 4 is 27.0 Å². The summed E-state index contributed by atoms with van der Waals surface area (Å²) in [5.41, 5.74) is -0.891. The van der Waals surface area contributed by atoms with Gasteiger partial charge in [-0.15, -0.1) is 0 Å². The Labute approximate surface area is 181 Å². The number of aliphatic hydroxyl groups is 1. The topological polar surface area (TPSA) is 127 Å². The number of sulfonamides is 1. The molecule has 1 saturated carbocycles. The highest BCUT2D eigenvalue weighted by Gasteiger charge is 2.40. The number of hydrogen-bond donors (Lipinski definition) is 2. The average molecular weight is 452 g/mol. The molecule has 0 spiro atoms. The highest BCUT2D eigenvalue weighted by molar-refractivity contribution is 7.88. The van der Waals surface area contributed by atoms with E-state index in [0.29, 0.717) is 55.8 Å². The van der Waals surface area contributed by atoms with Gasteiger partial charge in [-0.3, -0.25) is 9.36 Å². The van der Waals surface area contributed by atoms with Gasteiger partial charge in [-0.1, -0.05) is 0 Å². The molecule has 0 amide bonds. The van der Waals surface area contributed by atoms with Crippen molar-refractivity contribution in [3.8, 4) is 5.75 Å². The van der Waals surface area contributed by atoms with Gasteiger partial charge < -0.3 is 15.2 Å². The molecule has 0 unspecified atom stereocenters. The quantitative estimate of drug-likeness (QED) is 0.692. The van der Waals surface area contributed by atoms with Crippen molar-refractivity contribution < 1.29 is 18.3 Å². The molecule has 170 valence electrons. The summed E-state index contributed by atoms with van der Waals surface area (Å²) < 4.78 is 31.7. The monoisotopic (exact) mass is 451 g/mol. The second kappa shape index (κ2) is 8.03. The lowest BCUT2D eigenvalue weighted by Crippen LogP contribution is -2.42. The number of nitrogens with zero attached hydrogens (tertiary/aromatic N) is 4. The van der Waals surface area contributed by atoms with Gasteiger partial charge in [-0.2, -0.15) is 4.98 Å². The van der Waals surface area contributed by atoms with Gasteiger partial charge in [-0.05, 0) is 45.1 Å². The molecule has 2 atom stereocenters. The first-order valence-corrected chi connectivity index (χ1v) is 12.4. The SMILES string of the molecule is COc1cc2cnc(NC3CCN(S(C)(=O)=O)CC3)nc2n([C@@H]2CCC[C@@]2(C)O)c1=O. The fourth-order valence-corrected chi connectivity index (χ4v) is 5.53. The molecule has 31 heavy (non-hydrogen) atoms. The zero-order valence-electron chi connectivity index (χ0n) is 18.0. The maximum Gasteiger partial charge on any atom is 0.294 e. The average Bonchev–Trinajstić information content (AvgIpc) is 3.06. The van der Waals surface area contributed by atoms with Crippen molar-refractivity contribution in [2.24, 2.45) is 0 Å². The van der Waals surface area contributed by atoms with Gasteiger partial charge in [0.15, 0.2) is 5.75 Å². The maximum absolute atomic E-state index is 13.1. The number of ether oxygens (including phenoxy) is 1. The number of methoxy groups -OCH3 is 1. The fourth-order valence-electron chi connectivity index (χ4n) is 4.65. The van der Waals surface area contributed by atoms with Crippen molar-refractivity contribution in [1.29, 1.82) is 0 Å². The minimum Gasteiger partial charge on any atom is -0.491 e. The van der Waals surface area contributed by atoms with Crippen LogP contribution in [-0.2, 0) is 10.0 Å². The van der Waals surface area contributed by atoms with Crippen molar-refractivity contribution in [2.45, 2.75) is 56.7 Å². The number of nitrogens with one attached hydrogen (secondary N) is 1. The van der Waals surface area contributed by atoms with Crippen molar-refractivity contribution in [1.82, 2.24) is 18.8 Å². The minimum absolute atomic E-state index is 0.0310. The molecular weight excluding hydrogens is 422 g/mol. The van der Waals surface area contributed by atoms with Crippen LogP contribution in [0.3, 0.4) is 0 Å². The molecular formula is C20H29N5O5S. The summed E-state index contributed by atoms with van der Waals surface area (Å²) in [6, 6.07) is 1.24. The summed E-state index contributed by atoms with van der Waals surface area (Å²) in [5, 5.41) is 14.8. The molecule has 10 nitrogen and oxygen atoms in total. The van der Waals surface area contributed by atoms with Crippen LogP contribution < -0.4 is 15.6 Å². The Morgan fingerprint density at radius 3 is 2.58 bits per heavy atom. The Balaban J connectivity index is 1.67. The third kappa shape index (κ3) is 4.26. The van der Waals surface area contributed by atoms with Gasteiger partial charge in [0.25, 0.3) is 5.56 Å². The van der Waals surface area contributed by atoms with Crippen LogP contribution in [0.1, 0.15) is 45.1 Å². The van der Waals surface area contributed by atoms with Gasteiger partial charge in [0.05, 0.1) is 25.0 Å². The Bertz CT molecular complexity index is 1140. The summed E-state index contributed by atoms with van der Waals surface area (Å²) in [7, 11) is -1.74. The maximum atomic E-state index is 13.1. The predicted octanol–water partition coefficient (Wildman–Crippen LogP) is 1.11. The van der Waals surface area contributed by atoms with Crippen LogP contribution in [0.4, 0.5) is 5.95 Å². The van der Waals surface area contributed by atoms with Crippen LogP contribution in [0.25, 0.3) is 11.0 Å². The van der Waals surface area contributed by atoms with Gasteiger partial charge in [0.1, 0.15) is 5.65 Å². The molecule has 0 aromatic carbocycles. The molecule has 0 bridgehead atoms. The molecule has 1 saturated heterocycles. The third-order valence-corrected chi connectivity index (χ3v) is 7.71. The molecule has 1 aliphatic heterocycles. The number of hydrogen-bond acceptors (Lipinski definition) is 8. The summed E-state index contributed by atoms with van der Waals surface area (Å²) in [6.45, 7) is 2.63. The second-order valence-corrected chi connectivity index (χ2v) is 10.7. The Morgan fingerprint density at radius 2 is 2.00 bits per heavy atom. The van der Waals surface area contributed by atoms with Crippen LogP contribution in [-0.4, -0.2) is 70.5 Å². The Morgan fingerprint density at radius 1 is 1.29 bits per heavy atom. The van der Waals surface area contributed by atoms with E-state index in [2.05, 4.69) is 15.3 Å². The molecule has 2 aromatic heterocycles. The molecule has 2 aromatic rings. The van der Waals surface area contributed by atoms with Crippen LogP contribution >= 0.6 is 0 Å². The van der Waals surface area contributed by atoms with E-state index in [0.717, 1.165) is 6.42 Å². The number of aromatic nitrogens is 3. The van der Waals surface area contributed by atoms with Gasteiger partial charge in [-0.25, -0.2) is 17.7 Å². The van der Waals surface area contributed by atoms with Gasteiger partial charge >= 0.3 is 0 Å². The first kappa shape index (κ1) is 22.0. The molecule has 2 fully saturated rings. The van der Waals surface area contributed by atoms with E-state index in [4.69, 9.17) is 4.74 Å². The normalized spacial score (nSPS) is 25.7. The summed E-state index contributed by atoms with van der Waals surface area (Å²) in [4.78, 5) is 22.1. The zero-order valence-corrected chi connectivity index (χ0v) is 18.9. The number of anilines is 1. The molecule has 11 heteroatoms. The van der Waals surface area contributed by atoms with E-state index in [1.165, 1.54) is 17.7 Å². The van der Waals surface area contributed by atoms with E-state index in [-0.39, 0.29) is 17.4 Å². The van der Waals surface area contributed by atoms with E-state index in [9.17, 15) is 18.3 Å². The smallest absolute Gasteiger partial charge is 0.294 e. The molecule has 1 aliphatic carbocycles. The highest BCUT2D eigenvalue weighted by atomic mass is 32.2. The lowest BCUT2D eigenvalue weighted by Gasteiger charge is -2.31. The number of fused-ring (bicyclic) bond motifs is 1. The summed E-state index contributed by atoms with van der Waals surface area (Å²) in [5.74, 6) is 0.564. The first-order chi connectivity index (χ1) is 14.6. The number of pyridine rings is 1. The van der Waals surface area contributed by atoms with E-state index in [1.807, 2.05) is 0 Å². The van der Waals surface area contributed by atoms with Crippen molar-refractivity contribution in [3.63, 3.8) is 0 Å². The largest absolute Gasteiger partial charge is 0.491 e. The molecule has 2 N–H and O–H groups in total. The molecule has 3 heterocycles. The lowest BCUT2D eigenvalue weighted by molar-refractivity contribution is 0.0264. The molecule has 0 radical (unpaired) electrons. The standard InChI is InChI=1S/C20H29N5O5S/c1-20(27)8-4-5-16(20)25-17-13(11-15(30-2)18(25)26)12-21-19(23-17)22-14-6-9-24(10-7-14)31(3,28)29/h11-12,14,16,27H,4-10H2,1-3H3,(H,21,22,23)/t16-,20-/m1/s1. The Kier molecular flexibility index (Phi) is 5.69. The minimum atomic E-state index is -3.19. The highest BCUT2D eigenvalue weighted by Crippen LogP contribution is 2.39. The predicted molar refractivity (Wildman–Crippen MR) is 117 cm³/mol. The van der Waals surface area contributed by atoms with Gasteiger partial charge in [0, 0.05) is 30.7 Å².